The molecule has 0 heterocycles. The Balaban J connectivity index is 3.24. The van der Waals surface area contributed by atoms with Crippen LogP contribution in [0.15, 0.2) is 6.07 Å². The van der Waals surface area contributed by atoms with Gasteiger partial charge in [0, 0.05) is 11.6 Å². The first-order chi connectivity index (χ1) is 7.51. The van der Waals surface area contributed by atoms with Crippen molar-refractivity contribution in [2.45, 2.75) is 6.42 Å². The van der Waals surface area contributed by atoms with Gasteiger partial charge in [-0.3, -0.25) is 4.79 Å². The maximum Gasteiger partial charge on any atom is 0.310 e. The highest BCUT2D eigenvalue weighted by Crippen LogP contribution is 2.35. The summed E-state index contributed by atoms with van der Waals surface area (Å²) < 4.78 is 22.9. The van der Waals surface area contributed by atoms with Gasteiger partial charge in [-0.15, -0.1) is 0 Å². The van der Waals surface area contributed by atoms with Crippen molar-refractivity contribution >= 4 is 17.6 Å². The molecule has 0 aliphatic rings. The summed E-state index contributed by atoms with van der Waals surface area (Å²) in [5, 5.41) is 8.81. The maximum atomic E-state index is 13.6. The van der Waals surface area contributed by atoms with Crippen LogP contribution in [-0.2, 0) is 16.0 Å². The van der Waals surface area contributed by atoms with Crippen molar-refractivity contribution in [3.63, 3.8) is 0 Å². The van der Waals surface area contributed by atoms with E-state index in [1.165, 1.54) is 14.2 Å². The molecule has 0 radical (unpaired) electrons. The van der Waals surface area contributed by atoms with E-state index in [2.05, 4.69) is 4.74 Å². The number of methoxy groups -OCH3 is 2. The molecule has 1 aromatic carbocycles. The van der Waals surface area contributed by atoms with Gasteiger partial charge in [-0.2, -0.15) is 0 Å². The van der Waals surface area contributed by atoms with E-state index in [1.54, 1.807) is 0 Å². The van der Waals surface area contributed by atoms with Gasteiger partial charge in [0.2, 0.25) is 0 Å². The van der Waals surface area contributed by atoms with Gasteiger partial charge in [0.15, 0.2) is 5.82 Å². The number of esters is 1. The minimum absolute atomic E-state index is 0.0443. The number of hydrogen-bond acceptors (Lipinski definition) is 4. The summed E-state index contributed by atoms with van der Waals surface area (Å²) in [5.74, 6) is -1.91. The lowest BCUT2D eigenvalue weighted by Crippen LogP contribution is -2.08. The van der Waals surface area contributed by atoms with Gasteiger partial charge >= 0.3 is 5.97 Å². The number of aromatic hydroxyl groups is 1. The third-order valence-electron chi connectivity index (χ3n) is 2.02. The van der Waals surface area contributed by atoms with Crippen molar-refractivity contribution in [1.29, 1.82) is 0 Å². The molecule has 16 heavy (non-hydrogen) atoms. The Morgan fingerprint density at radius 3 is 2.69 bits per heavy atom. The van der Waals surface area contributed by atoms with Gasteiger partial charge in [-0.25, -0.2) is 4.39 Å². The van der Waals surface area contributed by atoms with Gasteiger partial charge in [-0.05, 0) is 0 Å². The predicted molar refractivity (Wildman–Crippen MR) is 55.3 cm³/mol. The van der Waals surface area contributed by atoms with E-state index in [0.717, 1.165) is 6.07 Å². The fourth-order valence-electron chi connectivity index (χ4n) is 1.19. The standard InChI is InChI=1S/C10H10ClFO4/c1-15-7-4-6(13)9(11)10(12)5(7)3-8(14)16-2/h4,13H,3H2,1-2H3. The third kappa shape index (κ3) is 2.36. The van der Waals surface area contributed by atoms with Crippen LogP contribution in [0.2, 0.25) is 5.02 Å². The van der Waals surface area contributed by atoms with Crippen LogP contribution in [0, 0.1) is 5.82 Å². The number of carbonyl (C=O) groups is 1. The van der Waals surface area contributed by atoms with Gasteiger partial charge < -0.3 is 14.6 Å². The van der Waals surface area contributed by atoms with Crippen LogP contribution in [0.5, 0.6) is 11.5 Å². The summed E-state index contributed by atoms with van der Waals surface area (Å²) >= 11 is 5.51. The van der Waals surface area contributed by atoms with Gasteiger partial charge in [0.25, 0.3) is 0 Å². The molecule has 0 aliphatic carbocycles. The fraction of sp³-hybridized carbons (Fsp3) is 0.300. The van der Waals surface area contributed by atoms with Crippen LogP contribution in [-0.4, -0.2) is 25.3 Å². The molecule has 1 rings (SSSR count). The summed E-state index contributed by atoms with van der Waals surface area (Å²) in [6.45, 7) is 0. The lowest BCUT2D eigenvalue weighted by molar-refractivity contribution is -0.139. The Labute approximate surface area is 96.5 Å². The molecule has 0 amide bonds. The summed E-state index contributed by atoms with van der Waals surface area (Å²) in [5.41, 5.74) is -0.0443. The molecule has 1 N–H and O–H groups in total. The average Bonchev–Trinajstić information content (AvgIpc) is 2.29. The topological polar surface area (TPSA) is 55.8 Å². The lowest BCUT2D eigenvalue weighted by Gasteiger charge is -2.10. The van der Waals surface area contributed by atoms with Crippen LogP contribution in [0.3, 0.4) is 0 Å². The number of ether oxygens (including phenoxy) is 2. The molecule has 0 spiro atoms. The number of halogens is 2. The van der Waals surface area contributed by atoms with Crippen LogP contribution < -0.4 is 4.74 Å². The minimum atomic E-state index is -0.885. The van der Waals surface area contributed by atoms with E-state index in [1.807, 2.05) is 0 Å². The number of carbonyl (C=O) groups excluding carboxylic acids is 1. The molecule has 88 valence electrons. The first-order valence-corrected chi connectivity index (χ1v) is 4.69. The normalized spacial score (nSPS) is 10.0. The molecule has 0 bridgehead atoms. The summed E-state index contributed by atoms with van der Waals surface area (Å²) in [4.78, 5) is 11.0. The molecule has 0 aliphatic heterocycles. The van der Waals surface area contributed by atoms with Crippen molar-refractivity contribution in [2.75, 3.05) is 14.2 Å². The predicted octanol–water partition coefficient (Wildman–Crippen LogP) is 1.91. The molecule has 0 aromatic heterocycles. The molecular weight excluding hydrogens is 239 g/mol. The van der Waals surface area contributed by atoms with Crippen molar-refractivity contribution in [1.82, 2.24) is 0 Å². The summed E-state index contributed by atoms with van der Waals surface area (Å²) in [6, 6.07) is 1.14. The van der Waals surface area contributed by atoms with Crippen molar-refractivity contribution in [2.24, 2.45) is 0 Å². The summed E-state index contributed by atoms with van der Waals surface area (Å²) in [7, 11) is 2.48. The molecule has 6 heteroatoms. The van der Waals surface area contributed by atoms with E-state index in [-0.39, 0.29) is 17.7 Å². The molecule has 0 unspecified atom stereocenters. The van der Waals surface area contributed by atoms with Gasteiger partial charge in [0.1, 0.15) is 16.5 Å². The Morgan fingerprint density at radius 1 is 1.56 bits per heavy atom. The largest absolute Gasteiger partial charge is 0.506 e. The molecule has 0 saturated heterocycles. The highest BCUT2D eigenvalue weighted by molar-refractivity contribution is 6.32. The Bertz CT molecular complexity index is 420. The van der Waals surface area contributed by atoms with Crippen LogP contribution in [0.4, 0.5) is 4.39 Å². The van der Waals surface area contributed by atoms with Gasteiger partial charge in [-0.1, -0.05) is 11.6 Å². The van der Waals surface area contributed by atoms with Crippen molar-refractivity contribution in [3.05, 3.63) is 22.5 Å². The fourth-order valence-corrected chi connectivity index (χ4v) is 1.36. The second-order valence-electron chi connectivity index (χ2n) is 2.96. The van der Waals surface area contributed by atoms with Crippen molar-refractivity contribution < 1.29 is 23.8 Å². The van der Waals surface area contributed by atoms with E-state index in [9.17, 15) is 14.3 Å². The molecule has 0 saturated carbocycles. The monoisotopic (exact) mass is 248 g/mol. The average molecular weight is 249 g/mol. The molecule has 4 nitrogen and oxygen atoms in total. The number of benzene rings is 1. The Morgan fingerprint density at radius 2 is 2.19 bits per heavy atom. The second-order valence-corrected chi connectivity index (χ2v) is 3.34. The highest BCUT2D eigenvalue weighted by atomic mass is 35.5. The second kappa shape index (κ2) is 5.03. The zero-order valence-corrected chi connectivity index (χ0v) is 9.47. The zero-order chi connectivity index (χ0) is 12.3. The third-order valence-corrected chi connectivity index (χ3v) is 2.38. The molecule has 0 atom stereocenters. The van der Waals surface area contributed by atoms with Gasteiger partial charge in [0.05, 0.1) is 20.6 Å². The molecule has 1 aromatic rings. The Hall–Kier alpha value is -1.49. The van der Waals surface area contributed by atoms with Crippen molar-refractivity contribution in [3.8, 4) is 11.5 Å². The smallest absolute Gasteiger partial charge is 0.310 e. The molecular formula is C10H10ClFO4. The van der Waals surface area contributed by atoms with E-state index < -0.39 is 22.6 Å². The lowest BCUT2D eigenvalue weighted by atomic mass is 10.1. The quantitative estimate of drug-likeness (QED) is 0.831. The van der Waals surface area contributed by atoms with Crippen LogP contribution >= 0.6 is 11.6 Å². The minimum Gasteiger partial charge on any atom is -0.506 e. The first-order valence-electron chi connectivity index (χ1n) is 4.31. The van der Waals surface area contributed by atoms with Crippen LogP contribution in [0.1, 0.15) is 5.56 Å². The van der Waals surface area contributed by atoms with E-state index in [0.29, 0.717) is 0 Å². The van der Waals surface area contributed by atoms with E-state index >= 15 is 0 Å². The zero-order valence-electron chi connectivity index (χ0n) is 8.71. The number of hydrogen-bond donors (Lipinski definition) is 1. The SMILES string of the molecule is COC(=O)Cc1c(OC)cc(O)c(Cl)c1F. The number of phenolic OH excluding ortho intramolecular Hbond substituents is 1. The highest BCUT2D eigenvalue weighted by Gasteiger charge is 2.20. The summed E-state index contributed by atoms with van der Waals surface area (Å²) in [6.07, 6.45) is -0.314. The number of rotatable bonds is 3. The number of phenols is 1. The maximum absolute atomic E-state index is 13.6. The molecule has 0 fully saturated rings. The first kappa shape index (κ1) is 12.6. The van der Waals surface area contributed by atoms with Crippen LogP contribution in [0.25, 0.3) is 0 Å². The van der Waals surface area contributed by atoms with E-state index in [4.69, 9.17) is 16.3 Å². The Kier molecular flexibility index (Phi) is 3.95.